The van der Waals surface area contributed by atoms with Gasteiger partial charge in [0.15, 0.2) is 24.1 Å². The van der Waals surface area contributed by atoms with Crippen LogP contribution in [0.4, 0.5) is 0 Å². The average Bonchev–Trinajstić information content (AvgIpc) is 3.00. The molecule has 186 valence electrons. The maximum absolute atomic E-state index is 13.4. The van der Waals surface area contributed by atoms with Gasteiger partial charge in [-0.1, -0.05) is 41.2 Å². The minimum absolute atomic E-state index is 0.0180. The van der Waals surface area contributed by atoms with Crippen LogP contribution in [0, 0.1) is 23.7 Å². The summed E-state index contributed by atoms with van der Waals surface area (Å²) in [6.45, 7) is 13.4. The van der Waals surface area contributed by atoms with Gasteiger partial charge in [-0.05, 0) is 19.8 Å². The quantitative estimate of drug-likeness (QED) is 0.351. The molecule has 0 aromatic rings. The summed E-state index contributed by atoms with van der Waals surface area (Å²) in [6.07, 6.45) is -5.11. The lowest BCUT2D eigenvalue weighted by Crippen LogP contribution is -2.57. The molecule has 33 heavy (non-hydrogen) atoms. The van der Waals surface area contributed by atoms with Gasteiger partial charge in [0, 0.05) is 17.9 Å². The van der Waals surface area contributed by atoms with Crippen LogP contribution in [0.25, 0.3) is 0 Å². The summed E-state index contributed by atoms with van der Waals surface area (Å²) in [5.41, 5.74) is -1.92. The third-order valence-corrected chi connectivity index (χ3v) is 6.51. The number of ether oxygens (including phenoxy) is 3. The van der Waals surface area contributed by atoms with Crippen molar-refractivity contribution < 1.29 is 43.6 Å². The molecule has 8 atom stereocenters. The Hall–Kier alpha value is -2.26. The number of aliphatic hydroxyl groups excluding tert-OH is 1. The van der Waals surface area contributed by atoms with Crippen LogP contribution in [-0.4, -0.2) is 63.9 Å². The van der Waals surface area contributed by atoms with Crippen molar-refractivity contribution in [3.05, 3.63) is 12.2 Å². The molecule has 2 rings (SSSR count). The van der Waals surface area contributed by atoms with Gasteiger partial charge in [-0.15, -0.1) is 0 Å². The van der Waals surface area contributed by atoms with Crippen molar-refractivity contribution in [1.29, 1.82) is 0 Å². The fourth-order valence-electron chi connectivity index (χ4n) is 4.22. The summed E-state index contributed by atoms with van der Waals surface area (Å²) >= 11 is 0. The molecule has 0 bridgehead atoms. The molecule has 1 aliphatic carbocycles. The van der Waals surface area contributed by atoms with Crippen LogP contribution < -0.4 is 0 Å². The molecule has 0 spiro atoms. The fraction of sp³-hybridized carbons (Fsp3) is 0.750. The molecular weight excluding hydrogens is 432 g/mol. The van der Waals surface area contributed by atoms with Crippen molar-refractivity contribution in [3.8, 4) is 0 Å². The zero-order valence-electron chi connectivity index (χ0n) is 20.2. The van der Waals surface area contributed by atoms with Gasteiger partial charge in [-0.25, -0.2) is 4.79 Å². The highest BCUT2D eigenvalue weighted by atomic mass is 16.6. The van der Waals surface area contributed by atoms with E-state index in [-0.39, 0.29) is 18.4 Å². The highest BCUT2D eigenvalue weighted by Gasteiger charge is 2.57. The van der Waals surface area contributed by atoms with Crippen LogP contribution in [0.15, 0.2) is 12.2 Å². The molecule has 2 aliphatic rings. The summed E-state index contributed by atoms with van der Waals surface area (Å²) in [5.74, 6) is -5.60. The summed E-state index contributed by atoms with van der Waals surface area (Å²) in [5, 5.41) is 21.8. The number of carbonyl (C=O) groups is 4. The molecule has 0 radical (unpaired) electrons. The first-order chi connectivity index (χ1) is 15.2. The minimum atomic E-state index is -1.82. The van der Waals surface area contributed by atoms with E-state index >= 15 is 0 Å². The maximum Gasteiger partial charge on any atom is 0.334 e. The topological polar surface area (TPSA) is 136 Å². The predicted octanol–water partition coefficient (Wildman–Crippen LogP) is 1.72. The monoisotopic (exact) mass is 468 g/mol. The Kier molecular flexibility index (Phi) is 8.46. The van der Waals surface area contributed by atoms with Crippen molar-refractivity contribution in [2.24, 2.45) is 23.7 Å². The third-order valence-electron chi connectivity index (χ3n) is 6.51. The normalized spacial score (nSPS) is 36.1. The van der Waals surface area contributed by atoms with Gasteiger partial charge in [0.1, 0.15) is 5.60 Å². The van der Waals surface area contributed by atoms with Crippen LogP contribution in [0.2, 0.25) is 0 Å². The molecule has 0 amide bonds. The van der Waals surface area contributed by atoms with Crippen LogP contribution in [0.1, 0.15) is 60.8 Å². The fourth-order valence-corrected chi connectivity index (χ4v) is 4.22. The van der Waals surface area contributed by atoms with E-state index in [9.17, 15) is 29.4 Å². The second kappa shape index (κ2) is 10.3. The number of aliphatic hydroxyl groups is 2. The van der Waals surface area contributed by atoms with Crippen molar-refractivity contribution >= 4 is 23.7 Å². The van der Waals surface area contributed by atoms with E-state index in [0.29, 0.717) is 6.42 Å². The first-order valence-electron chi connectivity index (χ1n) is 11.5. The summed E-state index contributed by atoms with van der Waals surface area (Å²) in [4.78, 5) is 51.1. The molecule has 1 saturated heterocycles. The van der Waals surface area contributed by atoms with E-state index in [1.165, 1.54) is 6.92 Å². The van der Waals surface area contributed by atoms with Crippen LogP contribution in [0.5, 0.6) is 0 Å². The smallest absolute Gasteiger partial charge is 0.334 e. The highest BCUT2D eigenvalue weighted by Crippen LogP contribution is 2.41. The standard InChI is InChI=1S/C24H36O9/c1-8-12(4)22(28)31-18-16-14(6)23(29)32-19(16)20(33-21(27)11(2)3)24(7,30)10-15(25)9-13(5)17(18)26/h11-13,15-16,18-20,25,30H,6,8-10H2,1-5,7H3/t12?,13?,15-,16?,18-,19?,20?,24-/m0/s1. The molecule has 9 nitrogen and oxygen atoms in total. The van der Waals surface area contributed by atoms with E-state index in [1.807, 2.05) is 0 Å². The lowest BCUT2D eigenvalue weighted by Gasteiger charge is -2.41. The first-order valence-corrected chi connectivity index (χ1v) is 11.5. The maximum atomic E-state index is 13.4. The molecular formula is C24H36O9. The summed E-state index contributed by atoms with van der Waals surface area (Å²) < 4.78 is 16.6. The number of Topliss-reactive ketones (excluding diaryl/α,β-unsaturated/α-hetero) is 1. The predicted molar refractivity (Wildman–Crippen MR) is 117 cm³/mol. The summed E-state index contributed by atoms with van der Waals surface area (Å²) in [6, 6.07) is 0. The number of hydrogen-bond acceptors (Lipinski definition) is 9. The number of carbonyl (C=O) groups excluding carboxylic acids is 4. The molecule has 5 unspecified atom stereocenters. The molecule has 2 fully saturated rings. The average molecular weight is 469 g/mol. The lowest BCUT2D eigenvalue weighted by atomic mass is 9.75. The molecule has 0 aromatic heterocycles. The van der Waals surface area contributed by atoms with Gasteiger partial charge < -0.3 is 24.4 Å². The SMILES string of the molecule is C=C1C(=O)OC2C1[C@H](OC(=O)C(C)CC)C(=O)C(C)C[C@H](O)C[C@](C)(O)C2OC(=O)C(C)C. The van der Waals surface area contributed by atoms with E-state index in [1.54, 1.807) is 34.6 Å². The van der Waals surface area contributed by atoms with E-state index in [0.717, 1.165) is 0 Å². The van der Waals surface area contributed by atoms with Gasteiger partial charge in [0.2, 0.25) is 0 Å². The van der Waals surface area contributed by atoms with Crippen molar-refractivity contribution in [1.82, 2.24) is 0 Å². The third kappa shape index (κ3) is 5.81. The van der Waals surface area contributed by atoms with E-state index in [4.69, 9.17) is 14.2 Å². The van der Waals surface area contributed by atoms with Crippen molar-refractivity contribution in [2.45, 2.75) is 90.8 Å². The van der Waals surface area contributed by atoms with Gasteiger partial charge in [0.25, 0.3) is 0 Å². The Morgan fingerprint density at radius 3 is 2.36 bits per heavy atom. The second-order valence-electron chi connectivity index (χ2n) is 9.85. The first kappa shape index (κ1) is 27.0. The number of rotatable bonds is 5. The lowest BCUT2D eigenvalue weighted by molar-refractivity contribution is -0.199. The number of fused-ring (bicyclic) bond motifs is 1. The second-order valence-corrected chi connectivity index (χ2v) is 9.85. The Morgan fingerprint density at radius 1 is 1.21 bits per heavy atom. The molecule has 0 aromatic carbocycles. The molecule has 9 heteroatoms. The number of ketones is 1. The van der Waals surface area contributed by atoms with E-state index < -0.39 is 77.4 Å². The van der Waals surface area contributed by atoms with Crippen LogP contribution in [0.3, 0.4) is 0 Å². The van der Waals surface area contributed by atoms with Crippen molar-refractivity contribution in [3.63, 3.8) is 0 Å². The Bertz CT molecular complexity index is 800. The van der Waals surface area contributed by atoms with Gasteiger partial charge in [-0.3, -0.25) is 14.4 Å². The van der Waals surface area contributed by atoms with E-state index in [2.05, 4.69) is 6.58 Å². The zero-order chi connectivity index (χ0) is 25.2. The van der Waals surface area contributed by atoms with Gasteiger partial charge in [0.05, 0.1) is 23.9 Å². The van der Waals surface area contributed by atoms with Crippen molar-refractivity contribution in [2.75, 3.05) is 0 Å². The molecule has 2 N–H and O–H groups in total. The number of hydrogen-bond donors (Lipinski definition) is 2. The minimum Gasteiger partial charge on any atom is -0.455 e. The Balaban J connectivity index is 2.62. The molecule has 1 heterocycles. The van der Waals surface area contributed by atoms with Crippen LogP contribution in [-0.2, 0) is 33.4 Å². The molecule has 1 aliphatic heterocycles. The number of esters is 3. The Morgan fingerprint density at radius 2 is 1.82 bits per heavy atom. The Labute approximate surface area is 194 Å². The van der Waals surface area contributed by atoms with Gasteiger partial charge >= 0.3 is 17.9 Å². The zero-order valence-corrected chi connectivity index (χ0v) is 20.2. The summed E-state index contributed by atoms with van der Waals surface area (Å²) in [7, 11) is 0. The van der Waals surface area contributed by atoms with Crippen LogP contribution >= 0.6 is 0 Å². The highest BCUT2D eigenvalue weighted by molar-refractivity contribution is 5.95. The van der Waals surface area contributed by atoms with Gasteiger partial charge in [-0.2, -0.15) is 0 Å². The molecule has 1 saturated carbocycles. The largest absolute Gasteiger partial charge is 0.455 e.